The number of benzene rings is 1. The molecule has 0 saturated carbocycles. The second-order valence-electron chi connectivity index (χ2n) is 11.0. The molecule has 0 amide bonds. The minimum absolute atomic E-state index is 0.00142. The van der Waals surface area contributed by atoms with Gasteiger partial charge in [0.2, 0.25) is 0 Å². The highest BCUT2D eigenvalue weighted by atomic mass is 31.1. The molecular formula is C34H63P. The van der Waals surface area contributed by atoms with Gasteiger partial charge in [-0.3, -0.25) is 0 Å². The molecule has 0 aliphatic heterocycles. The van der Waals surface area contributed by atoms with Crippen molar-refractivity contribution in [3.63, 3.8) is 0 Å². The standard InChI is InChI=1S/C34H63P/c1-6-11-16-18-20-22-29-35(30-23-21-19-17-12-7-2)34-28-27-31(24-13-8-3)32(25-14-9-4)33(34)26-15-10-5/h27-28H,6-26,29-30H2,1-5H3. The van der Waals surface area contributed by atoms with Crippen molar-refractivity contribution in [2.75, 3.05) is 12.3 Å². The summed E-state index contributed by atoms with van der Waals surface area (Å²) in [7, 11) is 0.00142. The molecule has 0 unspecified atom stereocenters. The van der Waals surface area contributed by atoms with Crippen molar-refractivity contribution >= 4 is 13.2 Å². The van der Waals surface area contributed by atoms with E-state index in [0.717, 1.165) is 0 Å². The average Bonchev–Trinajstić information content (AvgIpc) is 2.88. The van der Waals surface area contributed by atoms with E-state index in [4.69, 9.17) is 0 Å². The van der Waals surface area contributed by atoms with Gasteiger partial charge in [0.15, 0.2) is 0 Å². The number of aryl methyl sites for hydroxylation is 1. The predicted octanol–water partition coefficient (Wildman–Crippen LogP) is 11.5. The third kappa shape index (κ3) is 14.2. The van der Waals surface area contributed by atoms with Gasteiger partial charge in [0.25, 0.3) is 0 Å². The smallest absolute Gasteiger partial charge is 0.0206 e. The van der Waals surface area contributed by atoms with Crippen LogP contribution in [-0.4, -0.2) is 12.3 Å². The van der Waals surface area contributed by atoms with Crippen LogP contribution in [0.1, 0.15) is 167 Å². The summed E-state index contributed by atoms with van der Waals surface area (Å²) in [5, 5.41) is 1.84. The fraction of sp³-hybridized carbons (Fsp3) is 0.824. The first-order chi connectivity index (χ1) is 17.2. The maximum atomic E-state index is 2.64. The van der Waals surface area contributed by atoms with Gasteiger partial charge in [0.05, 0.1) is 0 Å². The maximum Gasteiger partial charge on any atom is -0.0206 e. The van der Waals surface area contributed by atoms with Crippen LogP contribution in [0.2, 0.25) is 0 Å². The Morgan fingerprint density at radius 2 is 0.857 bits per heavy atom. The van der Waals surface area contributed by atoms with Crippen molar-refractivity contribution in [1.29, 1.82) is 0 Å². The van der Waals surface area contributed by atoms with E-state index in [2.05, 4.69) is 46.8 Å². The van der Waals surface area contributed by atoms with E-state index in [9.17, 15) is 0 Å². The molecule has 0 fully saturated rings. The number of rotatable bonds is 24. The van der Waals surface area contributed by atoms with Crippen molar-refractivity contribution in [2.24, 2.45) is 0 Å². The number of unbranched alkanes of at least 4 members (excludes halogenated alkanes) is 13. The van der Waals surface area contributed by atoms with E-state index in [1.165, 1.54) is 147 Å². The lowest BCUT2D eigenvalue weighted by Crippen LogP contribution is -2.18. The fourth-order valence-corrected chi connectivity index (χ4v) is 8.27. The molecule has 0 aliphatic carbocycles. The van der Waals surface area contributed by atoms with E-state index in [-0.39, 0.29) is 7.92 Å². The van der Waals surface area contributed by atoms with Gasteiger partial charge < -0.3 is 0 Å². The Bertz CT molecular complexity index is 589. The second-order valence-corrected chi connectivity index (χ2v) is 13.5. The Morgan fingerprint density at radius 3 is 1.37 bits per heavy atom. The summed E-state index contributed by atoms with van der Waals surface area (Å²) in [6.45, 7) is 11.8. The second kappa shape index (κ2) is 22.8. The van der Waals surface area contributed by atoms with Crippen LogP contribution in [0.15, 0.2) is 12.1 Å². The van der Waals surface area contributed by atoms with E-state index in [0.29, 0.717) is 0 Å². The van der Waals surface area contributed by atoms with Crippen LogP contribution >= 0.6 is 7.92 Å². The van der Waals surface area contributed by atoms with Crippen LogP contribution in [0.25, 0.3) is 0 Å². The zero-order valence-electron chi connectivity index (χ0n) is 24.9. The lowest BCUT2D eigenvalue weighted by Gasteiger charge is -2.26. The first kappa shape index (κ1) is 32.7. The average molecular weight is 503 g/mol. The Hall–Kier alpha value is -0.350. The van der Waals surface area contributed by atoms with Gasteiger partial charge >= 0.3 is 0 Å². The molecule has 0 atom stereocenters. The lowest BCUT2D eigenvalue weighted by atomic mass is 9.91. The topological polar surface area (TPSA) is 0 Å². The highest BCUT2D eigenvalue weighted by Crippen LogP contribution is 2.40. The van der Waals surface area contributed by atoms with E-state index < -0.39 is 0 Å². The first-order valence-electron chi connectivity index (χ1n) is 16.1. The van der Waals surface area contributed by atoms with Gasteiger partial charge in [-0.05, 0) is 85.7 Å². The summed E-state index contributed by atoms with van der Waals surface area (Å²) in [5.41, 5.74) is 5.32. The molecule has 0 heterocycles. The van der Waals surface area contributed by atoms with Crippen LogP contribution in [0.4, 0.5) is 0 Å². The summed E-state index contributed by atoms with van der Waals surface area (Å²) < 4.78 is 0. The van der Waals surface area contributed by atoms with Crippen molar-refractivity contribution in [3.05, 3.63) is 28.8 Å². The molecule has 1 rings (SSSR count). The number of hydrogen-bond acceptors (Lipinski definition) is 0. The van der Waals surface area contributed by atoms with Gasteiger partial charge in [0, 0.05) is 0 Å². The molecule has 0 spiro atoms. The van der Waals surface area contributed by atoms with Crippen molar-refractivity contribution in [3.8, 4) is 0 Å². The largest absolute Gasteiger partial charge is 0.0750 e. The van der Waals surface area contributed by atoms with Crippen molar-refractivity contribution in [1.82, 2.24) is 0 Å². The van der Waals surface area contributed by atoms with Gasteiger partial charge in [-0.15, -0.1) is 0 Å². The Balaban J connectivity index is 3.10. The van der Waals surface area contributed by atoms with E-state index >= 15 is 0 Å². The monoisotopic (exact) mass is 502 g/mol. The van der Waals surface area contributed by atoms with Crippen LogP contribution in [0.5, 0.6) is 0 Å². The predicted molar refractivity (Wildman–Crippen MR) is 165 cm³/mol. The SMILES string of the molecule is CCCCCCCCP(CCCCCCCC)c1ccc(CCCC)c(CCCC)c1CCCC. The third-order valence-corrected chi connectivity index (χ3v) is 10.6. The zero-order valence-corrected chi connectivity index (χ0v) is 25.8. The Morgan fingerprint density at radius 1 is 0.429 bits per heavy atom. The molecule has 204 valence electrons. The molecule has 1 heteroatoms. The van der Waals surface area contributed by atoms with Crippen molar-refractivity contribution in [2.45, 2.75) is 169 Å². The molecule has 0 bridgehead atoms. The maximum absolute atomic E-state index is 2.64. The molecule has 0 radical (unpaired) electrons. The minimum Gasteiger partial charge on any atom is -0.0750 e. The summed E-state index contributed by atoms with van der Waals surface area (Å²) in [4.78, 5) is 0. The van der Waals surface area contributed by atoms with Crippen LogP contribution in [0.3, 0.4) is 0 Å². The van der Waals surface area contributed by atoms with Gasteiger partial charge in [0.1, 0.15) is 0 Å². The van der Waals surface area contributed by atoms with Crippen molar-refractivity contribution < 1.29 is 0 Å². The molecule has 0 saturated heterocycles. The molecular weight excluding hydrogens is 439 g/mol. The van der Waals surface area contributed by atoms with Crippen LogP contribution in [-0.2, 0) is 19.3 Å². The molecule has 0 N–H and O–H groups in total. The Labute approximate surface area is 223 Å². The van der Waals surface area contributed by atoms with Crippen LogP contribution in [0, 0.1) is 0 Å². The molecule has 1 aromatic carbocycles. The summed E-state index contributed by atoms with van der Waals surface area (Å²) in [6.07, 6.45) is 32.1. The lowest BCUT2D eigenvalue weighted by molar-refractivity contribution is 0.622. The molecule has 0 aliphatic rings. The zero-order chi connectivity index (χ0) is 25.6. The van der Waals surface area contributed by atoms with Gasteiger partial charge in [-0.1, -0.05) is 138 Å². The molecule has 1 aromatic rings. The summed E-state index contributed by atoms with van der Waals surface area (Å²) in [6, 6.07) is 5.23. The quantitative estimate of drug-likeness (QED) is 0.0973. The third-order valence-electron chi connectivity index (χ3n) is 7.77. The van der Waals surface area contributed by atoms with E-state index in [1.807, 2.05) is 10.9 Å². The molecule has 0 nitrogen and oxygen atoms in total. The molecule has 0 aromatic heterocycles. The van der Waals surface area contributed by atoms with E-state index in [1.54, 1.807) is 11.1 Å². The van der Waals surface area contributed by atoms with Gasteiger partial charge in [-0.25, -0.2) is 0 Å². The minimum atomic E-state index is 0.00142. The first-order valence-corrected chi connectivity index (χ1v) is 17.8. The normalized spacial score (nSPS) is 11.6. The highest BCUT2D eigenvalue weighted by molar-refractivity contribution is 7.65. The summed E-state index contributed by atoms with van der Waals surface area (Å²) >= 11 is 0. The van der Waals surface area contributed by atoms with Crippen LogP contribution < -0.4 is 5.30 Å². The summed E-state index contributed by atoms with van der Waals surface area (Å²) in [5.74, 6) is 0. The number of hydrogen-bond donors (Lipinski definition) is 0. The van der Waals surface area contributed by atoms with Gasteiger partial charge in [-0.2, -0.15) is 0 Å². The fourth-order valence-electron chi connectivity index (χ4n) is 5.44. The highest BCUT2D eigenvalue weighted by Gasteiger charge is 2.19. The molecule has 35 heavy (non-hydrogen) atoms. The Kier molecular flexibility index (Phi) is 21.3.